The third-order valence-electron chi connectivity index (χ3n) is 5.10. The number of carboxylic acids is 1. The zero-order chi connectivity index (χ0) is 25.0. The second-order valence-electron chi connectivity index (χ2n) is 8.54. The van der Waals surface area contributed by atoms with Crippen molar-refractivity contribution in [1.29, 1.82) is 0 Å². The number of hydrogen-bond donors (Lipinski definition) is 2. The first kappa shape index (κ1) is 27.3. The second kappa shape index (κ2) is 13.7. The maximum atomic E-state index is 13.0. The molecule has 0 unspecified atom stereocenters. The Balaban J connectivity index is 1.91. The van der Waals surface area contributed by atoms with Crippen LogP contribution in [0.3, 0.4) is 0 Å². The van der Waals surface area contributed by atoms with E-state index in [0.29, 0.717) is 19.4 Å². The van der Waals surface area contributed by atoms with Crippen LogP contribution in [0, 0.1) is 5.92 Å². The Kier molecular flexibility index (Phi) is 11.0. The Morgan fingerprint density at radius 2 is 1.56 bits per heavy atom. The number of hydrogen-bond acceptors (Lipinski definition) is 5. The average Bonchev–Trinajstić information content (AvgIpc) is 2.79. The SMILES string of the molecule is CC(C)CS(=O)(=O)N(Cc1ccccc1)[C@@H](CCCCNC(=O)OCc1ccccc1)C(=O)O. The fraction of sp³-hybridized carbons (Fsp3) is 0.440. The van der Waals surface area contributed by atoms with Crippen LogP contribution >= 0.6 is 0 Å². The summed E-state index contributed by atoms with van der Waals surface area (Å²) in [5.74, 6) is -1.44. The normalized spacial score (nSPS) is 12.5. The van der Waals surface area contributed by atoms with E-state index in [9.17, 15) is 23.1 Å². The summed E-state index contributed by atoms with van der Waals surface area (Å²) in [6.45, 7) is 4.04. The van der Waals surface area contributed by atoms with Crippen molar-refractivity contribution in [2.75, 3.05) is 12.3 Å². The highest BCUT2D eigenvalue weighted by molar-refractivity contribution is 7.89. The smallest absolute Gasteiger partial charge is 0.407 e. The maximum Gasteiger partial charge on any atom is 0.407 e. The standard InChI is InChI=1S/C25H34N2O6S/c1-20(2)19-34(31,32)27(17-21-11-5-3-6-12-21)23(24(28)29)15-9-10-16-26-25(30)33-18-22-13-7-4-8-14-22/h3-8,11-14,20,23H,9-10,15-19H2,1-2H3,(H,26,30)(H,28,29)/t23-/m0/s1. The van der Waals surface area contributed by atoms with Gasteiger partial charge in [0.2, 0.25) is 10.0 Å². The van der Waals surface area contributed by atoms with Gasteiger partial charge in [-0.3, -0.25) is 4.79 Å². The Morgan fingerprint density at radius 3 is 2.12 bits per heavy atom. The molecule has 9 heteroatoms. The molecule has 0 saturated carbocycles. The van der Waals surface area contributed by atoms with Crippen LogP contribution in [0.2, 0.25) is 0 Å². The Bertz CT molecular complexity index is 997. The maximum absolute atomic E-state index is 13.0. The number of carbonyl (C=O) groups is 2. The van der Waals surface area contributed by atoms with E-state index in [4.69, 9.17) is 4.74 Å². The molecule has 1 amide bonds. The second-order valence-corrected chi connectivity index (χ2v) is 10.5. The van der Waals surface area contributed by atoms with Crippen molar-refractivity contribution in [3.05, 3.63) is 71.8 Å². The van der Waals surface area contributed by atoms with Crippen LogP contribution in [0.4, 0.5) is 4.79 Å². The van der Waals surface area contributed by atoms with Crippen LogP contribution in [0.25, 0.3) is 0 Å². The van der Waals surface area contributed by atoms with Gasteiger partial charge in [-0.15, -0.1) is 0 Å². The van der Waals surface area contributed by atoms with Crippen LogP contribution in [-0.2, 0) is 32.7 Å². The van der Waals surface area contributed by atoms with Gasteiger partial charge in [0.1, 0.15) is 12.6 Å². The Morgan fingerprint density at radius 1 is 0.971 bits per heavy atom. The van der Waals surface area contributed by atoms with Crippen molar-refractivity contribution < 1.29 is 27.9 Å². The van der Waals surface area contributed by atoms with Gasteiger partial charge in [-0.05, 0) is 36.3 Å². The molecule has 0 radical (unpaired) electrons. The molecule has 0 fully saturated rings. The minimum Gasteiger partial charge on any atom is -0.480 e. The number of aliphatic carboxylic acids is 1. The first-order valence-electron chi connectivity index (χ1n) is 11.4. The van der Waals surface area contributed by atoms with Gasteiger partial charge < -0.3 is 15.2 Å². The van der Waals surface area contributed by atoms with Gasteiger partial charge in [-0.1, -0.05) is 74.5 Å². The highest BCUT2D eigenvalue weighted by Gasteiger charge is 2.34. The van der Waals surface area contributed by atoms with E-state index in [-0.39, 0.29) is 31.2 Å². The van der Waals surface area contributed by atoms with Crippen molar-refractivity contribution in [1.82, 2.24) is 9.62 Å². The van der Waals surface area contributed by atoms with E-state index in [1.165, 1.54) is 0 Å². The number of sulfonamides is 1. The minimum atomic E-state index is -3.79. The van der Waals surface area contributed by atoms with Crippen LogP contribution < -0.4 is 5.32 Å². The van der Waals surface area contributed by atoms with Crippen molar-refractivity contribution >= 4 is 22.1 Å². The van der Waals surface area contributed by atoms with Gasteiger partial charge in [-0.2, -0.15) is 4.31 Å². The number of alkyl carbamates (subject to hydrolysis) is 1. The average molecular weight is 491 g/mol. The zero-order valence-electron chi connectivity index (χ0n) is 19.7. The molecule has 34 heavy (non-hydrogen) atoms. The molecule has 0 aliphatic heterocycles. The third-order valence-corrected chi connectivity index (χ3v) is 7.29. The lowest BCUT2D eigenvalue weighted by Crippen LogP contribution is -2.46. The van der Waals surface area contributed by atoms with E-state index in [0.717, 1.165) is 15.4 Å². The number of amides is 1. The molecule has 2 aromatic carbocycles. The summed E-state index contributed by atoms with van der Waals surface area (Å²) in [5, 5.41) is 12.5. The Hall–Kier alpha value is -2.91. The minimum absolute atomic E-state index is 0.00305. The number of carboxylic acid groups (broad SMARTS) is 1. The van der Waals surface area contributed by atoms with Gasteiger partial charge in [0.05, 0.1) is 5.75 Å². The number of rotatable bonds is 14. The number of nitrogens with one attached hydrogen (secondary N) is 1. The van der Waals surface area contributed by atoms with Crippen LogP contribution in [0.1, 0.15) is 44.2 Å². The van der Waals surface area contributed by atoms with E-state index < -0.39 is 28.1 Å². The number of ether oxygens (including phenoxy) is 1. The van der Waals surface area contributed by atoms with Crippen molar-refractivity contribution in [3.8, 4) is 0 Å². The summed E-state index contributed by atoms with van der Waals surface area (Å²) >= 11 is 0. The van der Waals surface area contributed by atoms with Gasteiger partial charge in [-0.25, -0.2) is 13.2 Å². The molecule has 0 aromatic heterocycles. The lowest BCUT2D eigenvalue weighted by atomic mass is 10.1. The van der Waals surface area contributed by atoms with Crippen molar-refractivity contribution in [3.63, 3.8) is 0 Å². The summed E-state index contributed by atoms with van der Waals surface area (Å²) in [6, 6.07) is 17.1. The molecule has 1 atom stereocenters. The third kappa shape index (κ3) is 9.52. The summed E-state index contributed by atoms with van der Waals surface area (Å²) in [4.78, 5) is 23.9. The van der Waals surface area contributed by atoms with Gasteiger partial charge in [0.25, 0.3) is 0 Å². The van der Waals surface area contributed by atoms with Crippen LogP contribution in [0.15, 0.2) is 60.7 Å². The number of carbonyl (C=O) groups excluding carboxylic acids is 1. The van der Waals surface area contributed by atoms with E-state index in [2.05, 4.69) is 5.32 Å². The highest BCUT2D eigenvalue weighted by atomic mass is 32.2. The molecule has 0 bridgehead atoms. The van der Waals surface area contributed by atoms with Gasteiger partial charge in [0, 0.05) is 13.1 Å². The summed E-state index contributed by atoms with van der Waals surface area (Å²) in [6.07, 6.45) is 0.510. The zero-order valence-corrected chi connectivity index (χ0v) is 20.5. The van der Waals surface area contributed by atoms with E-state index >= 15 is 0 Å². The molecular formula is C25H34N2O6S. The molecule has 186 valence electrons. The first-order chi connectivity index (χ1) is 16.2. The first-order valence-corrected chi connectivity index (χ1v) is 13.0. The van der Waals surface area contributed by atoms with E-state index in [1.807, 2.05) is 36.4 Å². The topological polar surface area (TPSA) is 113 Å². The monoisotopic (exact) mass is 490 g/mol. The predicted octanol–water partition coefficient (Wildman–Crippen LogP) is 4.02. The molecule has 0 aliphatic rings. The predicted molar refractivity (Wildman–Crippen MR) is 131 cm³/mol. The van der Waals surface area contributed by atoms with Gasteiger partial charge in [0.15, 0.2) is 0 Å². The van der Waals surface area contributed by atoms with Crippen molar-refractivity contribution in [2.24, 2.45) is 5.92 Å². The number of unbranched alkanes of at least 4 members (excludes halogenated alkanes) is 1. The molecule has 2 rings (SSSR count). The van der Waals surface area contributed by atoms with E-state index in [1.54, 1.807) is 38.1 Å². The Labute approximate surface area is 202 Å². The fourth-order valence-corrected chi connectivity index (χ4v) is 5.46. The number of benzene rings is 2. The summed E-state index contributed by atoms with van der Waals surface area (Å²) < 4.78 is 32.3. The molecule has 0 heterocycles. The number of nitrogens with zero attached hydrogens (tertiary/aromatic N) is 1. The molecule has 0 aliphatic carbocycles. The summed E-state index contributed by atoms with van der Waals surface area (Å²) in [5.41, 5.74) is 1.60. The lowest BCUT2D eigenvalue weighted by molar-refractivity contribution is -0.141. The fourth-order valence-electron chi connectivity index (χ4n) is 3.50. The molecule has 2 aromatic rings. The molecule has 0 spiro atoms. The molecule has 2 N–H and O–H groups in total. The van der Waals surface area contributed by atoms with Crippen molar-refractivity contribution in [2.45, 2.75) is 52.3 Å². The molecule has 8 nitrogen and oxygen atoms in total. The molecular weight excluding hydrogens is 456 g/mol. The van der Waals surface area contributed by atoms with Crippen LogP contribution in [-0.4, -0.2) is 48.2 Å². The summed E-state index contributed by atoms with van der Waals surface area (Å²) in [7, 11) is -3.79. The molecule has 0 saturated heterocycles. The highest BCUT2D eigenvalue weighted by Crippen LogP contribution is 2.20. The largest absolute Gasteiger partial charge is 0.480 e. The quantitative estimate of drug-likeness (QED) is 0.387. The van der Waals surface area contributed by atoms with Gasteiger partial charge >= 0.3 is 12.1 Å². The lowest BCUT2D eigenvalue weighted by Gasteiger charge is -2.29. The van der Waals surface area contributed by atoms with Crippen LogP contribution in [0.5, 0.6) is 0 Å².